The minimum Gasteiger partial charge on any atom is -0.337 e. The van der Waals surface area contributed by atoms with Crippen molar-refractivity contribution in [3.05, 3.63) is 16.0 Å². The molecule has 16 heavy (non-hydrogen) atoms. The molecule has 0 aliphatic heterocycles. The summed E-state index contributed by atoms with van der Waals surface area (Å²) in [7, 11) is 0. The van der Waals surface area contributed by atoms with Gasteiger partial charge in [0, 0.05) is 34.4 Å². The van der Waals surface area contributed by atoms with E-state index in [0.29, 0.717) is 11.9 Å². The van der Waals surface area contributed by atoms with Crippen LogP contribution in [0.4, 0.5) is 5.95 Å². The average molecular weight is 354 g/mol. The second-order valence-corrected chi connectivity index (χ2v) is 5.18. The Kier molecular flexibility index (Phi) is 6.34. The van der Waals surface area contributed by atoms with Crippen LogP contribution < -0.4 is 4.90 Å². The first-order valence-electron chi connectivity index (χ1n) is 5.53. The molecule has 1 rings (SSSR count). The first-order valence-corrected chi connectivity index (χ1v) is 7.14. The zero-order chi connectivity index (χ0) is 12.0. The van der Waals surface area contributed by atoms with Gasteiger partial charge in [-0.25, -0.2) is 9.97 Å². The fourth-order valence-electron chi connectivity index (χ4n) is 1.72. The predicted molar refractivity (Wildman–Crippen MR) is 77.2 cm³/mol. The van der Waals surface area contributed by atoms with Gasteiger partial charge in [-0.3, -0.25) is 0 Å². The summed E-state index contributed by atoms with van der Waals surface area (Å²) in [6.07, 6.45) is 5.85. The minimum atomic E-state index is 0.471. The highest BCUT2D eigenvalue weighted by molar-refractivity contribution is 14.1. The lowest BCUT2D eigenvalue weighted by molar-refractivity contribution is 0.556. The summed E-state index contributed by atoms with van der Waals surface area (Å²) in [6, 6.07) is 0.471. The van der Waals surface area contributed by atoms with E-state index < -0.39 is 0 Å². The Morgan fingerprint density at radius 1 is 1.31 bits per heavy atom. The van der Waals surface area contributed by atoms with Gasteiger partial charge in [-0.1, -0.05) is 13.8 Å². The van der Waals surface area contributed by atoms with Crippen LogP contribution in [0, 0.1) is 3.57 Å². The maximum absolute atomic E-state index is 5.84. The Labute approximate surface area is 116 Å². The van der Waals surface area contributed by atoms with Crippen molar-refractivity contribution in [2.75, 3.05) is 17.3 Å². The largest absolute Gasteiger partial charge is 0.337 e. The number of hydrogen-bond acceptors (Lipinski definition) is 3. The lowest BCUT2D eigenvalue weighted by Gasteiger charge is -2.29. The van der Waals surface area contributed by atoms with Gasteiger partial charge < -0.3 is 4.90 Å². The molecule has 0 N–H and O–H groups in total. The highest BCUT2D eigenvalue weighted by Crippen LogP contribution is 2.16. The molecule has 1 aromatic rings. The minimum absolute atomic E-state index is 0.471. The van der Waals surface area contributed by atoms with Crippen LogP contribution in [0.15, 0.2) is 12.4 Å². The highest BCUT2D eigenvalue weighted by atomic mass is 127. The molecule has 0 atom stereocenters. The predicted octanol–water partition coefficient (Wildman–Crippen LogP) is 3.32. The van der Waals surface area contributed by atoms with Crippen LogP contribution in [-0.4, -0.2) is 28.4 Å². The Morgan fingerprint density at radius 2 is 1.88 bits per heavy atom. The molecule has 0 saturated carbocycles. The van der Waals surface area contributed by atoms with Crippen molar-refractivity contribution in [2.24, 2.45) is 0 Å². The van der Waals surface area contributed by atoms with Gasteiger partial charge in [0.2, 0.25) is 5.95 Å². The van der Waals surface area contributed by atoms with E-state index in [2.05, 4.69) is 51.3 Å². The van der Waals surface area contributed by atoms with E-state index in [4.69, 9.17) is 11.6 Å². The van der Waals surface area contributed by atoms with Gasteiger partial charge in [0.1, 0.15) is 0 Å². The van der Waals surface area contributed by atoms with Crippen molar-refractivity contribution >= 4 is 40.1 Å². The van der Waals surface area contributed by atoms with Crippen LogP contribution in [0.1, 0.15) is 26.7 Å². The summed E-state index contributed by atoms with van der Waals surface area (Å²) >= 11 is 8.04. The lowest BCUT2D eigenvalue weighted by Crippen LogP contribution is -2.37. The van der Waals surface area contributed by atoms with Crippen molar-refractivity contribution in [3.8, 4) is 0 Å². The standard InChI is InChI=1S/C11H17ClIN3/c1-3-10(4-2)16(6-5-12)11-14-7-9(13)8-15-11/h7-8,10H,3-6H2,1-2H3. The molecule has 0 bridgehead atoms. The van der Waals surface area contributed by atoms with Crippen molar-refractivity contribution in [2.45, 2.75) is 32.7 Å². The van der Waals surface area contributed by atoms with E-state index in [1.165, 1.54) is 0 Å². The average Bonchev–Trinajstić information content (AvgIpc) is 2.31. The number of alkyl halides is 1. The van der Waals surface area contributed by atoms with Crippen molar-refractivity contribution in [1.82, 2.24) is 9.97 Å². The third-order valence-corrected chi connectivity index (χ3v) is 3.30. The molecule has 0 fully saturated rings. The van der Waals surface area contributed by atoms with Crippen LogP contribution in [0.5, 0.6) is 0 Å². The second kappa shape index (κ2) is 7.27. The number of halogens is 2. The van der Waals surface area contributed by atoms with E-state index in [1.807, 2.05) is 12.4 Å². The molecular formula is C11H17ClIN3. The van der Waals surface area contributed by atoms with Crippen LogP contribution in [-0.2, 0) is 0 Å². The van der Waals surface area contributed by atoms with Crippen LogP contribution in [0.2, 0.25) is 0 Å². The van der Waals surface area contributed by atoms with Gasteiger partial charge in [-0.2, -0.15) is 0 Å². The number of hydrogen-bond donors (Lipinski definition) is 0. The summed E-state index contributed by atoms with van der Waals surface area (Å²) in [5.74, 6) is 1.39. The maximum atomic E-state index is 5.84. The molecule has 0 radical (unpaired) electrons. The van der Waals surface area contributed by atoms with Gasteiger partial charge in [-0.05, 0) is 35.4 Å². The molecule has 5 heteroatoms. The number of aromatic nitrogens is 2. The summed E-state index contributed by atoms with van der Waals surface area (Å²) in [5, 5.41) is 0. The van der Waals surface area contributed by atoms with Gasteiger partial charge in [0.05, 0.1) is 0 Å². The van der Waals surface area contributed by atoms with Crippen molar-refractivity contribution < 1.29 is 0 Å². The highest BCUT2D eigenvalue weighted by Gasteiger charge is 2.17. The third kappa shape index (κ3) is 3.73. The molecule has 90 valence electrons. The summed E-state index contributed by atoms with van der Waals surface area (Å²) in [4.78, 5) is 10.9. The quantitative estimate of drug-likeness (QED) is 0.580. The van der Waals surface area contributed by atoms with Gasteiger partial charge in [0.15, 0.2) is 0 Å². The zero-order valence-corrected chi connectivity index (χ0v) is 12.6. The molecule has 1 aromatic heterocycles. The smallest absolute Gasteiger partial charge is 0.225 e. The first-order chi connectivity index (χ1) is 7.72. The SMILES string of the molecule is CCC(CC)N(CCCl)c1ncc(I)cn1. The Hall–Kier alpha value is -0.100. The molecular weight excluding hydrogens is 336 g/mol. The molecule has 0 aromatic carbocycles. The van der Waals surface area contributed by atoms with E-state index >= 15 is 0 Å². The monoisotopic (exact) mass is 353 g/mol. The van der Waals surface area contributed by atoms with Crippen LogP contribution in [0.3, 0.4) is 0 Å². The van der Waals surface area contributed by atoms with Crippen LogP contribution >= 0.6 is 34.2 Å². The molecule has 0 aliphatic carbocycles. The van der Waals surface area contributed by atoms with Gasteiger partial charge >= 0.3 is 0 Å². The fraction of sp³-hybridized carbons (Fsp3) is 0.636. The number of anilines is 1. The van der Waals surface area contributed by atoms with E-state index in [0.717, 1.165) is 28.9 Å². The Morgan fingerprint density at radius 3 is 2.31 bits per heavy atom. The number of nitrogens with zero attached hydrogens (tertiary/aromatic N) is 3. The van der Waals surface area contributed by atoms with E-state index in [9.17, 15) is 0 Å². The normalized spacial score (nSPS) is 10.8. The molecule has 0 spiro atoms. The molecule has 3 nitrogen and oxygen atoms in total. The van der Waals surface area contributed by atoms with Crippen LogP contribution in [0.25, 0.3) is 0 Å². The zero-order valence-electron chi connectivity index (χ0n) is 9.66. The van der Waals surface area contributed by atoms with E-state index in [-0.39, 0.29) is 0 Å². The van der Waals surface area contributed by atoms with Gasteiger partial charge in [-0.15, -0.1) is 11.6 Å². The Balaban J connectivity index is 2.87. The first kappa shape index (κ1) is 14.0. The summed E-state index contributed by atoms with van der Waals surface area (Å²) in [5.41, 5.74) is 0. The topological polar surface area (TPSA) is 29.0 Å². The molecule has 0 saturated heterocycles. The van der Waals surface area contributed by atoms with Crippen molar-refractivity contribution in [1.29, 1.82) is 0 Å². The van der Waals surface area contributed by atoms with E-state index in [1.54, 1.807) is 0 Å². The third-order valence-electron chi connectivity index (χ3n) is 2.57. The number of rotatable bonds is 6. The summed E-state index contributed by atoms with van der Waals surface area (Å²) < 4.78 is 1.05. The summed E-state index contributed by atoms with van der Waals surface area (Å²) in [6.45, 7) is 5.17. The molecule has 1 heterocycles. The molecule has 0 unspecified atom stereocenters. The van der Waals surface area contributed by atoms with Crippen molar-refractivity contribution in [3.63, 3.8) is 0 Å². The van der Waals surface area contributed by atoms with Gasteiger partial charge in [0.25, 0.3) is 0 Å². The maximum Gasteiger partial charge on any atom is 0.225 e. The molecule has 0 amide bonds. The second-order valence-electron chi connectivity index (χ2n) is 3.55. The molecule has 0 aliphatic rings. The Bertz CT molecular complexity index is 301. The fourth-order valence-corrected chi connectivity index (χ4v) is 2.18. The lowest BCUT2D eigenvalue weighted by atomic mass is 10.1.